The number of hydrogen-bond acceptors (Lipinski definition) is 5. The Labute approximate surface area is 245 Å². The summed E-state index contributed by atoms with van der Waals surface area (Å²) in [5.74, 6) is 1.35. The van der Waals surface area contributed by atoms with E-state index in [-0.39, 0.29) is 5.91 Å². The number of methoxy groups -OCH3 is 1. The molecule has 0 unspecified atom stereocenters. The van der Waals surface area contributed by atoms with Crippen LogP contribution in [0.4, 0.5) is 5.69 Å². The zero-order valence-electron chi connectivity index (χ0n) is 23.7. The summed E-state index contributed by atoms with van der Waals surface area (Å²) in [5, 5.41) is 11.2. The number of para-hydroxylation sites is 2. The average Bonchev–Trinajstić information content (AvgIpc) is 3.60. The first-order chi connectivity index (χ1) is 20.6. The maximum absolute atomic E-state index is 14.0. The number of amides is 1. The highest BCUT2D eigenvalue weighted by Crippen LogP contribution is 2.33. The van der Waals surface area contributed by atoms with E-state index in [0.717, 1.165) is 45.1 Å². The fraction of sp³-hybridized carbons (Fsp3) is 0.114. The SMILES string of the molecule is CCOc1ccc(-c2nn(-c3ccccc3)cc2C=C2C(=O)N(c3ccccc3)N=C2c2ccc(OC)cc2)cc1C. The Hall–Kier alpha value is -5.43. The van der Waals surface area contributed by atoms with Crippen molar-refractivity contribution in [2.75, 3.05) is 18.7 Å². The van der Waals surface area contributed by atoms with Crippen LogP contribution in [0.1, 0.15) is 23.6 Å². The summed E-state index contributed by atoms with van der Waals surface area (Å²) in [6.07, 6.45) is 3.84. The molecule has 42 heavy (non-hydrogen) atoms. The molecule has 5 aromatic rings. The first-order valence-electron chi connectivity index (χ1n) is 13.8. The second-order valence-corrected chi connectivity index (χ2v) is 9.81. The van der Waals surface area contributed by atoms with Crippen molar-refractivity contribution in [1.82, 2.24) is 9.78 Å². The van der Waals surface area contributed by atoms with Crippen LogP contribution in [0.15, 0.2) is 120 Å². The molecule has 0 atom stereocenters. The van der Waals surface area contributed by atoms with Gasteiger partial charge in [0, 0.05) is 22.9 Å². The van der Waals surface area contributed by atoms with Gasteiger partial charge in [0.25, 0.3) is 5.91 Å². The Morgan fingerprint density at radius 3 is 2.14 bits per heavy atom. The van der Waals surface area contributed by atoms with E-state index < -0.39 is 0 Å². The molecule has 0 aliphatic carbocycles. The summed E-state index contributed by atoms with van der Waals surface area (Å²) in [7, 11) is 1.63. The van der Waals surface area contributed by atoms with E-state index in [9.17, 15) is 4.79 Å². The molecule has 4 aromatic carbocycles. The number of nitrogens with zero attached hydrogens (tertiary/aromatic N) is 4. The number of carbonyl (C=O) groups is 1. The maximum Gasteiger partial charge on any atom is 0.281 e. The fourth-order valence-electron chi connectivity index (χ4n) is 4.95. The first-order valence-corrected chi connectivity index (χ1v) is 13.8. The summed E-state index contributed by atoms with van der Waals surface area (Å²) < 4.78 is 13.0. The zero-order valence-corrected chi connectivity index (χ0v) is 23.7. The summed E-state index contributed by atoms with van der Waals surface area (Å²) in [4.78, 5) is 14.0. The Morgan fingerprint density at radius 1 is 0.833 bits per heavy atom. The molecule has 0 bridgehead atoms. The molecule has 0 N–H and O–H groups in total. The third-order valence-corrected chi connectivity index (χ3v) is 7.05. The van der Waals surface area contributed by atoms with Crippen molar-refractivity contribution in [1.29, 1.82) is 0 Å². The predicted octanol–water partition coefficient (Wildman–Crippen LogP) is 7.09. The highest BCUT2D eigenvalue weighted by Gasteiger charge is 2.32. The number of aryl methyl sites for hydroxylation is 1. The number of hydrogen-bond donors (Lipinski definition) is 0. The summed E-state index contributed by atoms with van der Waals surface area (Å²) in [6, 6.07) is 33.0. The van der Waals surface area contributed by atoms with E-state index in [4.69, 9.17) is 19.7 Å². The van der Waals surface area contributed by atoms with Crippen molar-refractivity contribution in [2.45, 2.75) is 13.8 Å². The highest BCUT2D eigenvalue weighted by atomic mass is 16.5. The van der Waals surface area contributed by atoms with Crippen LogP contribution in [0.25, 0.3) is 23.0 Å². The summed E-state index contributed by atoms with van der Waals surface area (Å²) >= 11 is 0. The summed E-state index contributed by atoms with van der Waals surface area (Å²) in [5.41, 5.74) is 6.94. The second-order valence-electron chi connectivity index (χ2n) is 9.81. The van der Waals surface area contributed by atoms with Gasteiger partial charge in [-0.05, 0) is 92.2 Å². The molecule has 0 saturated heterocycles. The number of anilines is 1. The average molecular weight is 555 g/mol. The van der Waals surface area contributed by atoms with E-state index in [1.165, 1.54) is 5.01 Å². The lowest BCUT2D eigenvalue weighted by Crippen LogP contribution is -2.21. The molecule has 0 radical (unpaired) electrons. The van der Waals surface area contributed by atoms with E-state index in [0.29, 0.717) is 23.6 Å². The number of benzene rings is 4. The molecule has 0 spiro atoms. The molecular weight excluding hydrogens is 524 g/mol. The third kappa shape index (κ3) is 5.20. The van der Waals surface area contributed by atoms with E-state index in [1.807, 2.05) is 128 Å². The lowest BCUT2D eigenvalue weighted by atomic mass is 9.98. The van der Waals surface area contributed by atoms with Crippen LogP contribution in [-0.2, 0) is 4.79 Å². The highest BCUT2D eigenvalue weighted by molar-refractivity contribution is 6.37. The minimum absolute atomic E-state index is 0.215. The molecule has 7 nitrogen and oxygen atoms in total. The Morgan fingerprint density at radius 2 is 1.50 bits per heavy atom. The minimum Gasteiger partial charge on any atom is -0.497 e. The molecule has 2 heterocycles. The summed E-state index contributed by atoms with van der Waals surface area (Å²) in [6.45, 7) is 4.58. The lowest BCUT2D eigenvalue weighted by Gasteiger charge is -2.11. The van der Waals surface area contributed by atoms with Gasteiger partial charge in [0.05, 0.1) is 36.4 Å². The van der Waals surface area contributed by atoms with Gasteiger partial charge in [-0.15, -0.1) is 0 Å². The van der Waals surface area contributed by atoms with Gasteiger partial charge >= 0.3 is 0 Å². The molecule has 1 aromatic heterocycles. The molecule has 1 aliphatic heterocycles. The van der Waals surface area contributed by atoms with Gasteiger partial charge in [0.2, 0.25) is 0 Å². The van der Waals surface area contributed by atoms with E-state index in [2.05, 4.69) is 6.07 Å². The Bertz CT molecular complexity index is 1790. The number of ether oxygens (including phenoxy) is 2. The van der Waals surface area contributed by atoms with Crippen molar-refractivity contribution >= 4 is 23.4 Å². The number of rotatable bonds is 8. The molecule has 1 amide bonds. The van der Waals surface area contributed by atoms with Gasteiger partial charge in [-0.2, -0.15) is 15.2 Å². The third-order valence-electron chi connectivity index (χ3n) is 7.05. The molecule has 7 heteroatoms. The van der Waals surface area contributed by atoms with Crippen LogP contribution < -0.4 is 14.5 Å². The number of hydrazone groups is 1. The van der Waals surface area contributed by atoms with Gasteiger partial charge in [0.1, 0.15) is 17.2 Å². The number of carbonyl (C=O) groups excluding carboxylic acids is 1. The van der Waals surface area contributed by atoms with Crippen LogP contribution in [-0.4, -0.2) is 35.1 Å². The van der Waals surface area contributed by atoms with Crippen LogP contribution >= 0.6 is 0 Å². The van der Waals surface area contributed by atoms with Crippen LogP contribution in [0.3, 0.4) is 0 Å². The standard InChI is InChI=1S/C35H30N4O3/c1-4-42-32-20-17-26(21-24(32)2)33-27(23-38(36-33)28-11-7-5-8-12-28)22-31-34(25-15-18-30(41-3)19-16-25)37-39(35(31)40)29-13-9-6-10-14-29/h5-23H,4H2,1-3H3. The first kappa shape index (κ1) is 26.8. The van der Waals surface area contributed by atoms with Crippen molar-refractivity contribution in [2.24, 2.45) is 5.10 Å². The molecule has 6 rings (SSSR count). The van der Waals surface area contributed by atoms with Crippen molar-refractivity contribution < 1.29 is 14.3 Å². The second kappa shape index (κ2) is 11.6. The monoisotopic (exact) mass is 554 g/mol. The smallest absolute Gasteiger partial charge is 0.281 e. The van der Waals surface area contributed by atoms with Crippen LogP contribution in [0.5, 0.6) is 11.5 Å². The predicted molar refractivity (Wildman–Crippen MR) is 166 cm³/mol. The quantitative estimate of drug-likeness (QED) is 0.192. The van der Waals surface area contributed by atoms with Gasteiger partial charge < -0.3 is 9.47 Å². The minimum atomic E-state index is -0.215. The Kier molecular flexibility index (Phi) is 7.39. The van der Waals surface area contributed by atoms with Gasteiger partial charge in [-0.1, -0.05) is 36.4 Å². The van der Waals surface area contributed by atoms with Gasteiger partial charge in [0.15, 0.2) is 0 Å². The zero-order chi connectivity index (χ0) is 29.1. The largest absolute Gasteiger partial charge is 0.497 e. The van der Waals surface area contributed by atoms with Crippen molar-refractivity contribution in [3.8, 4) is 28.4 Å². The van der Waals surface area contributed by atoms with Gasteiger partial charge in [-0.25, -0.2) is 4.68 Å². The van der Waals surface area contributed by atoms with Gasteiger partial charge in [-0.3, -0.25) is 4.79 Å². The molecule has 1 aliphatic rings. The number of aromatic nitrogens is 2. The topological polar surface area (TPSA) is 69.0 Å². The Balaban J connectivity index is 1.51. The molecule has 208 valence electrons. The molecular formula is C35H30N4O3. The fourth-order valence-corrected chi connectivity index (χ4v) is 4.95. The normalized spacial score (nSPS) is 13.9. The molecule has 0 fully saturated rings. The van der Waals surface area contributed by atoms with Crippen LogP contribution in [0, 0.1) is 6.92 Å². The molecule has 0 saturated carbocycles. The van der Waals surface area contributed by atoms with Crippen molar-refractivity contribution in [3.05, 3.63) is 132 Å². The lowest BCUT2D eigenvalue weighted by molar-refractivity contribution is -0.114. The maximum atomic E-state index is 14.0. The van der Waals surface area contributed by atoms with Crippen LogP contribution in [0.2, 0.25) is 0 Å². The van der Waals surface area contributed by atoms with E-state index >= 15 is 0 Å². The van der Waals surface area contributed by atoms with E-state index in [1.54, 1.807) is 7.11 Å². The van der Waals surface area contributed by atoms with Crippen molar-refractivity contribution in [3.63, 3.8) is 0 Å².